The lowest BCUT2D eigenvalue weighted by atomic mass is 9.72. The van der Waals surface area contributed by atoms with Gasteiger partial charge in [0, 0.05) is 19.6 Å². The topological polar surface area (TPSA) is 229 Å². The van der Waals surface area contributed by atoms with Crippen molar-refractivity contribution in [2.75, 3.05) is 26.2 Å². The number of aromatic carboxylic acids is 2. The van der Waals surface area contributed by atoms with Crippen LogP contribution in [0.1, 0.15) is 44.3 Å². The molecule has 15 nitrogen and oxygen atoms in total. The van der Waals surface area contributed by atoms with E-state index in [1.54, 1.807) is 6.07 Å². The fourth-order valence-electron chi connectivity index (χ4n) is 4.67. The van der Waals surface area contributed by atoms with Crippen LogP contribution in [-0.2, 0) is 20.8 Å². The highest BCUT2D eigenvalue weighted by Crippen LogP contribution is 2.30. The fourth-order valence-corrected chi connectivity index (χ4v) is 4.67. The molecule has 1 saturated heterocycles. The minimum absolute atomic E-state index is 0.0142. The zero-order chi connectivity index (χ0) is 30.6. The Labute approximate surface area is 239 Å². The molecule has 0 radical (unpaired) electrons. The van der Waals surface area contributed by atoms with Gasteiger partial charge in [0.25, 0.3) is 0 Å². The smallest absolute Gasteiger partial charge is 0.534 e. The number of fused-ring (bicyclic) bond motifs is 1. The van der Waals surface area contributed by atoms with Crippen LogP contribution in [0.2, 0.25) is 0 Å². The second kappa shape index (κ2) is 12.7. The van der Waals surface area contributed by atoms with Gasteiger partial charge in [-0.05, 0) is 48.7 Å². The molecule has 7 N–H and O–H groups in total. The number of hydrogen-bond acceptors (Lipinski definition) is 9. The van der Waals surface area contributed by atoms with Gasteiger partial charge in [-0.15, -0.1) is 0 Å². The average molecular weight is 581 g/mol. The highest BCUT2D eigenvalue weighted by atomic mass is 16.5. The van der Waals surface area contributed by atoms with Crippen molar-refractivity contribution < 1.29 is 48.7 Å². The van der Waals surface area contributed by atoms with Gasteiger partial charge in [0.1, 0.15) is 11.8 Å². The lowest BCUT2D eigenvalue weighted by molar-refractivity contribution is -0.153. The molecule has 2 atom stereocenters. The van der Waals surface area contributed by atoms with E-state index in [4.69, 9.17) is 10.4 Å². The largest absolute Gasteiger partial charge is 0.547 e. The zero-order valence-corrected chi connectivity index (χ0v) is 22.2. The Morgan fingerprint density at radius 1 is 1.02 bits per heavy atom. The first kappa shape index (κ1) is 30.0. The van der Waals surface area contributed by atoms with Crippen molar-refractivity contribution in [1.82, 2.24) is 20.4 Å². The minimum atomic E-state index is -1.64. The number of urea groups is 1. The highest BCUT2D eigenvalue weighted by Gasteiger charge is 2.41. The summed E-state index contributed by atoms with van der Waals surface area (Å²) >= 11 is 0. The maximum atomic E-state index is 13.5. The van der Waals surface area contributed by atoms with E-state index >= 15 is 0 Å². The SMILES string of the molecule is NCCCN1CCN(C(=O)NC(C(=O)N[C@H]2Cc3cccc(C(=O)O)c3OB2O)c2ccc(C(=O)O)cc2)C(=O)C1=O. The predicted molar refractivity (Wildman–Crippen MR) is 144 cm³/mol. The predicted octanol–water partition coefficient (Wildman–Crippen LogP) is -1.01. The Hall–Kier alpha value is -4.96. The molecule has 2 heterocycles. The number of amides is 5. The number of nitrogens with one attached hydrogen (secondary N) is 2. The summed E-state index contributed by atoms with van der Waals surface area (Å²) in [6.45, 7) is 0.504. The van der Waals surface area contributed by atoms with Crippen LogP contribution in [0, 0.1) is 0 Å². The van der Waals surface area contributed by atoms with Crippen molar-refractivity contribution in [3.63, 3.8) is 0 Å². The van der Waals surface area contributed by atoms with Crippen molar-refractivity contribution >= 4 is 42.8 Å². The first-order valence-corrected chi connectivity index (χ1v) is 13.0. The summed E-state index contributed by atoms with van der Waals surface area (Å²) in [5, 5.41) is 34.2. The van der Waals surface area contributed by atoms with Gasteiger partial charge in [-0.1, -0.05) is 24.3 Å². The molecule has 1 fully saturated rings. The van der Waals surface area contributed by atoms with Crippen molar-refractivity contribution in [1.29, 1.82) is 0 Å². The molecule has 2 aromatic rings. The monoisotopic (exact) mass is 581 g/mol. The minimum Gasteiger partial charge on any atom is -0.534 e. The molecule has 2 aliphatic heterocycles. The summed E-state index contributed by atoms with van der Waals surface area (Å²) in [5.74, 6) is -6.41. The number of nitrogens with two attached hydrogens (primary N) is 1. The molecule has 5 amide bonds. The number of piperazine rings is 1. The van der Waals surface area contributed by atoms with Crippen LogP contribution in [0.5, 0.6) is 5.75 Å². The highest BCUT2D eigenvalue weighted by molar-refractivity contribution is 6.47. The summed E-state index contributed by atoms with van der Waals surface area (Å²) < 4.78 is 5.41. The van der Waals surface area contributed by atoms with E-state index in [0.29, 0.717) is 23.4 Å². The molecular formula is C26H28BN5O10. The number of nitrogens with zero attached hydrogens (tertiary/aromatic N) is 2. The van der Waals surface area contributed by atoms with E-state index in [1.165, 1.54) is 41.3 Å². The summed E-state index contributed by atoms with van der Waals surface area (Å²) in [5.41, 5.74) is 5.78. The molecule has 0 spiro atoms. The lowest BCUT2D eigenvalue weighted by Gasteiger charge is -2.34. The van der Waals surface area contributed by atoms with E-state index in [1.807, 2.05) is 0 Å². The van der Waals surface area contributed by atoms with E-state index in [2.05, 4.69) is 10.6 Å². The number of para-hydroxylation sites is 1. The van der Waals surface area contributed by atoms with Gasteiger partial charge in [-0.3, -0.25) is 19.3 Å². The van der Waals surface area contributed by atoms with Crippen LogP contribution in [0.25, 0.3) is 0 Å². The number of imide groups is 1. The molecule has 16 heteroatoms. The third kappa shape index (κ3) is 6.34. The molecule has 0 bridgehead atoms. The molecule has 0 aromatic heterocycles. The second-order valence-electron chi connectivity index (χ2n) is 9.63. The van der Waals surface area contributed by atoms with Gasteiger partial charge in [-0.25, -0.2) is 14.4 Å². The second-order valence-corrected chi connectivity index (χ2v) is 9.63. The molecule has 1 unspecified atom stereocenters. The Morgan fingerprint density at radius 3 is 2.38 bits per heavy atom. The van der Waals surface area contributed by atoms with Gasteiger partial charge < -0.3 is 41.2 Å². The number of carboxylic acids is 2. The average Bonchev–Trinajstić information content (AvgIpc) is 2.96. The first-order chi connectivity index (χ1) is 20.0. The lowest BCUT2D eigenvalue weighted by Crippen LogP contribution is -2.60. The summed E-state index contributed by atoms with van der Waals surface area (Å²) in [7, 11) is -1.64. The number of carboxylic acid groups (broad SMARTS) is 2. The Balaban J connectivity index is 1.55. The standard InChI is InChI=1S/C26H28BN5O10/c28-9-2-10-31-11-12-32(23(35)22(31)34)26(40)30-19(14-5-7-15(8-6-14)24(36)37)21(33)29-18-13-16-3-1-4-17(25(38)39)20(16)42-27(18)41/h1,3-8,18-19,41H,2,9-13,28H2,(H,29,33)(H,30,40)(H,36,37)(H,38,39)/t18-,19?/m0/s1. The molecular weight excluding hydrogens is 553 g/mol. The number of carbonyl (C=O) groups is 6. The van der Waals surface area contributed by atoms with Crippen LogP contribution in [0.15, 0.2) is 42.5 Å². The summed E-state index contributed by atoms with van der Waals surface area (Å²) in [6, 6.07) is 6.89. The van der Waals surface area contributed by atoms with E-state index in [0.717, 1.165) is 0 Å². The fraction of sp³-hybridized carbons (Fsp3) is 0.308. The maximum Gasteiger partial charge on any atom is 0.547 e. The molecule has 42 heavy (non-hydrogen) atoms. The van der Waals surface area contributed by atoms with Gasteiger partial charge in [0.2, 0.25) is 5.91 Å². The van der Waals surface area contributed by atoms with Gasteiger partial charge >= 0.3 is 36.9 Å². The van der Waals surface area contributed by atoms with E-state index < -0.39 is 54.8 Å². The van der Waals surface area contributed by atoms with Gasteiger partial charge in [0.05, 0.1) is 17.1 Å². The van der Waals surface area contributed by atoms with Crippen molar-refractivity contribution in [2.45, 2.75) is 24.8 Å². The van der Waals surface area contributed by atoms with Crippen LogP contribution < -0.4 is 21.0 Å². The first-order valence-electron chi connectivity index (χ1n) is 13.0. The number of rotatable bonds is 9. The molecule has 0 aliphatic carbocycles. The van der Waals surface area contributed by atoms with Crippen molar-refractivity contribution in [2.24, 2.45) is 5.73 Å². The Bertz CT molecular complexity index is 1420. The van der Waals surface area contributed by atoms with E-state index in [9.17, 15) is 44.0 Å². The molecule has 220 valence electrons. The number of hydrogen-bond donors (Lipinski definition) is 6. The van der Waals surface area contributed by atoms with Crippen LogP contribution >= 0.6 is 0 Å². The van der Waals surface area contributed by atoms with E-state index in [-0.39, 0.29) is 48.5 Å². The number of benzene rings is 2. The normalized spacial score (nSPS) is 17.2. The van der Waals surface area contributed by atoms with Gasteiger partial charge in [-0.2, -0.15) is 0 Å². The van der Waals surface area contributed by atoms with Crippen LogP contribution in [0.3, 0.4) is 0 Å². The van der Waals surface area contributed by atoms with Crippen LogP contribution in [0.4, 0.5) is 4.79 Å². The quantitative estimate of drug-likeness (QED) is 0.155. The molecule has 2 aromatic carbocycles. The maximum absolute atomic E-state index is 13.5. The summed E-state index contributed by atoms with van der Waals surface area (Å²) in [6.07, 6.45) is 0.457. The van der Waals surface area contributed by atoms with Crippen LogP contribution in [-0.4, -0.2) is 100.0 Å². The van der Waals surface area contributed by atoms with Crippen molar-refractivity contribution in [3.05, 3.63) is 64.7 Å². The summed E-state index contributed by atoms with van der Waals surface area (Å²) in [4.78, 5) is 76.6. The van der Waals surface area contributed by atoms with Gasteiger partial charge in [0.15, 0.2) is 0 Å². The molecule has 4 rings (SSSR count). The zero-order valence-electron chi connectivity index (χ0n) is 22.2. The Kier molecular flexibility index (Phi) is 9.07. The Morgan fingerprint density at radius 2 is 1.74 bits per heavy atom. The molecule has 0 saturated carbocycles. The van der Waals surface area contributed by atoms with Crippen molar-refractivity contribution in [3.8, 4) is 5.75 Å². The number of carbonyl (C=O) groups excluding carboxylic acids is 4. The third-order valence-corrected chi connectivity index (χ3v) is 6.88. The molecule has 2 aliphatic rings. The third-order valence-electron chi connectivity index (χ3n) is 6.88.